The Morgan fingerprint density at radius 3 is 2.53 bits per heavy atom. The number of hydrogen-bond donors (Lipinski definition) is 2. The smallest absolute Gasteiger partial charge is 0.237 e. The Hall–Kier alpha value is -1.69. The molecule has 0 fully saturated rings. The first kappa shape index (κ1) is 15.4. The molecule has 0 saturated heterocycles. The van der Waals surface area contributed by atoms with Crippen molar-refractivity contribution in [3.8, 4) is 0 Å². The average Bonchev–Trinajstić information content (AvgIpc) is 2.37. The van der Waals surface area contributed by atoms with Gasteiger partial charge in [-0.2, -0.15) is 0 Å². The van der Waals surface area contributed by atoms with Crippen LogP contribution in [0.25, 0.3) is 0 Å². The van der Waals surface area contributed by atoms with Crippen LogP contribution in [0.5, 0.6) is 0 Å². The highest BCUT2D eigenvalue weighted by Crippen LogP contribution is 2.10. The molecule has 1 aromatic rings. The van der Waals surface area contributed by atoms with Crippen LogP contribution in [0, 0.1) is 0 Å². The summed E-state index contributed by atoms with van der Waals surface area (Å²) in [6.07, 6.45) is 4.65. The summed E-state index contributed by atoms with van der Waals surface area (Å²) < 4.78 is 0. The second-order valence-corrected chi connectivity index (χ2v) is 4.76. The number of nitrogens with two attached hydrogens (primary N) is 1. The Balaban J connectivity index is 2.69. The van der Waals surface area contributed by atoms with Crippen molar-refractivity contribution in [2.75, 3.05) is 18.0 Å². The molecule has 6 nitrogen and oxygen atoms in total. The molecule has 0 atom stereocenters. The van der Waals surface area contributed by atoms with E-state index in [9.17, 15) is 4.79 Å². The average molecular weight is 265 g/mol. The largest absolute Gasteiger partial charge is 0.368 e. The SMILES string of the molecule is CCCNCc1cnc(N(CC(N)=O)C(C)C)nc1. The Labute approximate surface area is 114 Å². The van der Waals surface area contributed by atoms with Crippen molar-refractivity contribution in [1.29, 1.82) is 0 Å². The number of carbonyl (C=O) groups is 1. The van der Waals surface area contributed by atoms with Crippen molar-refractivity contribution in [1.82, 2.24) is 15.3 Å². The van der Waals surface area contributed by atoms with E-state index in [0.717, 1.165) is 25.1 Å². The van der Waals surface area contributed by atoms with Gasteiger partial charge in [0, 0.05) is 30.5 Å². The highest BCUT2D eigenvalue weighted by molar-refractivity contribution is 5.78. The van der Waals surface area contributed by atoms with Gasteiger partial charge in [-0.3, -0.25) is 4.79 Å². The lowest BCUT2D eigenvalue weighted by Crippen LogP contribution is -2.39. The van der Waals surface area contributed by atoms with E-state index in [0.29, 0.717) is 5.95 Å². The molecule has 1 rings (SSSR count). The number of hydrogen-bond acceptors (Lipinski definition) is 5. The molecule has 0 aliphatic carbocycles. The third-order valence-corrected chi connectivity index (χ3v) is 2.65. The van der Waals surface area contributed by atoms with Crippen LogP contribution in [0.4, 0.5) is 5.95 Å². The van der Waals surface area contributed by atoms with Gasteiger partial charge in [-0.15, -0.1) is 0 Å². The Morgan fingerprint density at radius 2 is 2.05 bits per heavy atom. The van der Waals surface area contributed by atoms with Crippen LogP contribution in [0.2, 0.25) is 0 Å². The van der Waals surface area contributed by atoms with Crippen molar-refractivity contribution in [3.05, 3.63) is 18.0 Å². The maximum Gasteiger partial charge on any atom is 0.237 e. The second kappa shape index (κ2) is 7.68. The van der Waals surface area contributed by atoms with Gasteiger partial charge >= 0.3 is 0 Å². The minimum absolute atomic E-state index is 0.122. The number of nitrogens with one attached hydrogen (secondary N) is 1. The van der Waals surface area contributed by atoms with Crippen LogP contribution in [-0.2, 0) is 11.3 Å². The Bertz CT molecular complexity index is 391. The lowest BCUT2D eigenvalue weighted by Gasteiger charge is -2.25. The van der Waals surface area contributed by atoms with Crippen LogP contribution in [0.1, 0.15) is 32.8 Å². The van der Waals surface area contributed by atoms with Crippen molar-refractivity contribution in [2.24, 2.45) is 5.73 Å². The van der Waals surface area contributed by atoms with E-state index in [1.807, 2.05) is 13.8 Å². The van der Waals surface area contributed by atoms with Gasteiger partial charge in [-0.1, -0.05) is 6.92 Å². The van der Waals surface area contributed by atoms with Gasteiger partial charge in [0.05, 0.1) is 6.54 Å². The number of primary amides is 1. The monoisotopic (exact) mass is 265 g/mol. The molecule has 0 unspecified atom stereocenters. The molecule has 0 spiro atoms. The van der Waals surface area contributed by atoms with E-state index in [-0.39, 0.29) is 18.5 Å². The zero-order valence-corrected chi connectivity index (χ0v) is 11.9. The third-order valence-electron chi connectivity index (χ3n) is 2.65. The van der Waals surface area contributed by atoms with Gasteiger partial charge in [0.15, 0.2) is 0 Å². The highest BCUT2D eigenvalue weighted by atomic mass is 16.1. The molecular formula is C13H23N5O. The number of carbonyl (C=O) groups excluding carboxylic acids is 1. The molecule has 0 aliphatic rings. The lowest BCUT2D eigenvalue weighted by molar-refractivity contribution is -0.116. The first-order valence-corrected chi connectivity index (χ1v) is 6.61. The third kappa shape index (κ3) is 5.21. The van der Waals surface area contributed by atoms with E-state index in [1.165, 1.54) is 0 Å². The quantitative estimate of drug-likeness (QED) is 0.675. The van der Waals surface area contributed by atoms with Crippen LogP contribution in [0.15, 0.2) is 12.4 Å². The molecule has 1 amide bonds. The van der Waals surface area contributed by atoms with Crippen molar-refractivity contribution < 1.29 is 4.79 Å². The first-order chi connectivity index (χ1) is 9.04. The summed E-state index contributed by atoms with van der Waals surface area (Å²) in [7, 11) is 0. The second-order valence-electron chi connectivity index (χ2n) is 4.76. The first-order valence-electron chi connectivity index (χ1n) is 6.61. The minimum atomic E-state index is -0.383. The van der Waals surface area contributed by atoms with E-state index in [1.54, 1.807) is 17.3 Å². The summed E-state index contributed by atoms with van der Waals surface area (Å²) in [4.78, 5) is 21.4. The molecule has 0 bridgehead atoms. The maximum atomic E-state index is 11.0. The maximum absolute atomic E-state index is 11.0. The fourth-order valence-corrected chi connectivity index (χ4v) is 1.65. The summed E-state index contributed by atoms with van der Waals surface area (Å²) in [5, 5.41) is 3.29. The summed E-state index contributed by atoms with van der Waals surface area (Å²) in [5.74, 6) is 0.152. The lowest BCUT2D eigenvalue weighted by atomic mass is 10.3. The predicted octanol–water partition coefficient (Wildman–Crippen LogP) is 0.676. The van der Waals surface area contributed by atoms with E-state index in [4.69, 9.17) is 5.73 Å². The normalized spacial score (nSPS) is 10.7. The summed E-state index contributed by atoms with van der Waals surface area (Å²) in [6.45, 7) is 7.93. The molecular weight excluding hydrogens is 242 g/mol. The van der Waals surface area contributed by atoms with Gasteiger partial charge in [0.25, 0.3) is 0 Å². The molecule has 3 N–H and O–H groups in total. The molecule has 0 aromatic carbocycles. The zero-order valence-electron chi connectivity index (χ0n) is 11.9. The molecule has 0 radical (unpaired) electrons. The van der Waals surface area contributed by atoms with Crippen LogP contribution in [0.3, 0.4) is 0 Å². The van der Waals surface area contributed by atoms with Crippen LogP contribution in [-0.4, -0.2) is 35.0 Å². The van der Waals surface area contributed by atoms with Crippen LogP contribution >= 0.6 is 0 Å². The molecule has 1 heterocycles. The number of amides is 1. The Kier molecular flexibility index (Phi) is 6.21. The standard InChI is InChI=1S/C13H23N5O/c1-4-5-15-6-11-7-16-13(17-8-11)18(10(2)3)9-12(14)19/h7-8,10,15H,4-6,9H2,1-3H3,(H2,14,19). The summed E-state index contributed by atoms with van der Waals surface area (Å²) in [5.41, 5.74) is 6.26. The van der Waals surface area contributed by atoms with Gasteiger partial charge in [-0.25, -0.2) is 9.97 Å². The molecule has 0 aliphatic heterocycles. The van der Waals surface area contributed by atoms with Gasteiger partial charge in [-0.05, 0) is 26.8 Å². The van der Waals surface area contributed by atoms with Crippen molar-refractivity contribution in [2.45, 2.75) is 39.8 Å². The number of aromatic nitrogens is 2. The Morgan fingerprint density at radius 1 is 1.42 bits per heavy atom. The predicted molar refractivity (Wildman–Crippen MR) is 75.7 cm³/mol. The molecule has 19 heavy (non-hydrogen) atoms. The minimum Gasteiger partial charge on any atom is -0.368 e. The number of nitrogens with zero attached hydrogens (tertiary/aromatic N) is 3. The molecule has 6 heteroatoms. The van der Waals surface area contributed by atoms with E-state index < -0.39 is 0 Å². The summed E-state index contributed by atoms with van der Waals surface area (Å²) in [6, 6.07) is 0.122. The van der Waals surface area contributed by atoms with E-state index >= 15 is 0 Å². The van der Waals surface area contributed by atoms with Gasteiger partial charge in [0.2, 0.25) is 11.9 Å². The molecule has 0 saturated carbocycles. The van der Waals surface area contributed by atoms with Gasteiger partial charge in [0.1, 0.15) is 0 Å². The van der Waals surface area contributed by atoms with Gasteiger partial charge < -0.3 is 16.0 Å². The topological polar surface area (TPSA) is 84.1 Å². The molecule has 106 valence electrons. The number of anilines is 1. The fraction of sp³-hybridized carbons (Fsp3) is 0.615. The highest BCUT2D eigenvalue weighted by Gasteiger charge is 2.15. The van der Waals surface area contributed by atoms with Crippen molar-refractivity contribution >= 4 is 11.9 Å². The van der Waals surface area contributed by atoms with Crippen LogP contribution < -0.4 is 16.0 Å². The fourth-order valence-electron chi connectivity index (χ4n) is 1.65. The zero-order chi connectivity index (χ0) is 14.3. The number of rotatable bonds is 8. The van der Waals surface area contributed by atoms with Crippen molar-refractivity contribution in [3.63, 3.8) is 0 Å². The summed E-state index contributed by atoms with van der Waals surface area (Å²) >= 11 is 0. The molecule has 1 aromatic heterocycles. The van der Waals surface area contributed by atoms with E-state index in [2.05, 4.69) is 22.2 Å².